The van der Waals surface area contributed by atoms with Gasteiger partial charge in [0.1, 0.15) is 0 Å². The number of nitro groups is 1. The van der Waals surface area contributed by atoms with E-state index in [1.807, 2.05) is 0 Å². The maximum absolute atomic E-state index is 10.9. The quantitative estimate of drug-likeness (QED) is 0.497. The normalized spacial score (nSPS) is 19.6. The summed E-state index contributed by atoms with van der Waals surface area (Å²) < 4.78 is 1.46. The molecule has 17 heavy (non-hydrogen) atoms. The number of rotatable bonds is 3. The summed E-state index contributed by atoms with van der Waals surface area (Å²) in [5, 5.41) is 21.8. The first-order valence-corrected chi connectivity index (χ1v) is 5.15. The van der Waals surface area contributed by atoms with Crippen LogP contribution in [0, 0.1) is 10.1 Å². The van der Waals surface area contributed by atoms with E-state index in [0.29, 0.717) is 19.4 Å². The Balaban J connectivity index is 2.42. The van der Waals surface area contributed by atoms with Gasteiger partial charge in [0.2, 0.25) is 12.1 Å². The van der Waals surface area contributed by atoms with Crippen molar-refractivity contribution in [2.75, 3.05) is 11.4 Å². The summed E-state index contributed by atoms with van der Waals surface area (Å²) in [6.07, 6.45) is 2.41. The van der Waals surface area contributed by atoms with Crippen molar-refractivity contribution >= 4 is 17.6 Å². The maximum Gasteiger partial charge on any atom is 0.406 e. The molecule has 2 heterocycles. The number of carboxylic acid groups (broad SMARTS) is 1. The van der Waals surface area contributed by atoms with Gasteiger partial charge in [-0.25, -0.2) is 0 Å². The fraction of sp³-hybridized carbons (Fsp3) is 0.556. The minimum absolute atomic E-state index is 0.224. The van der Waals surface area contributed by atoms with Crippen LogP contribution in [0.3, 0.4) is 0 Å². The van der Waals surface area contributed by atoms with Crippen molar-refractivity contribution in [2.45, 2.75) is 18.9 Å². The molecule has 1 fully saturated rings. The smallest absolute Gasteiger partial charge is 0.406 e. The van der Waals surface area contributed by atoms with Crippen LogP contribution in [0.4, 0.5) is 11.6 Å². The highest BCUT2D eigenvalue weighted by Gasteiger charge is 2.34. The van der Waals surface area contributed by atoms with Crippen LogP contribution in [0.5, 0.6) is 0 Å². The molecule has 8 heteroatoms. The van der Waals surface area contributed by atoms with E-state index in [1.54, 1.807) is 7.05 Å². The summed E-state index contributed by atoms with van der Waals surface area (Å²) in [4.78, 5) is 26.3. The van der Waals surface area contributed by atoms with Crippen molar-refractivity contribution in [3.05, 3.63) is 16.4 Å². The van der Waals surface area contributed by atoms with Crippen LogP contribution in [0.1, 0.15) is 12.8 Å². The highest BCUT2D eigenvalue weighted by atomic mass is 16.6. The van der Waals surface area contributed by atoms with E-state index in [2.05, 4.69) is 4.98 Å². The topological polar surface area (TPSA) is 104 Å². The maximum atomic E-state index is 10.9. The second-order valence-corrected chi connectivity index (χ2v) is 3.93. The summed E-state index contributed by atoms with van der Waals surface area (Å²) in [5.41, 5.74) is 0. The Kier molecular flexibility index (Phi) is 2.70. The molecule has 1 atom stereocenters. The summed E-state index contributed by atoms with van der Waals surface area (Å²) in [5.74, 6) is -1.31. The lowest BCUT2D eigenvalue weighted by molar-refractivity contribution is -0.388. The largest absolute Gasteiger partial charge is 0.548 e. The molecule has 0 N–H and O–H groups in total. The number of carboxylic acids is 1. The molecule has 1 aliphatic heterocycles. The van der Waals surface area contributed by atoms with Crippen LogP contribution in [0.25, 0.3) is 0 Å². The van der Waals surface area contributed by atoms with Crippen molar-refractivity contribution in [1.29, 1.82) is 0 Å². The number of hydrogen-bond donors (Lipinski definition) is 0. The third-order valence-corrected chi connectivity index (χ3v) is 2.86. The average molecular weight is 239 g/mol. The molecule has 1 saturated heterocycles. The van der Waals surface area contributed by atoms with Gasteiger partial charge in [0.05, 0.1) is 12.0 Å². The number of aliphatic carboxylic acids is 1. The number of anilines is 1. The molecule has 1 aromatic heterocycles. The Bertz CT molecular complexity index is 470. The van der Waals surface area contributed by atoms with E-state index in [1.165, 1.54) is 15.8 Å². The predicted octanol–water partition coefficient (Wildman–Crippen LogP) is -0.953. The highest BCUT2D eigenvalue weighted by Crippen LogP contribution is 2.31. The molecule has 0 unspecified atom stereocenters. The third kappa shape index (κ3) is 1.81. The summed E-state index contributed by atoms with van der Waals surface area (Å²) in [7, 11) is 1.60. The van der Waals surface area contributed by atoms with E-state index < -0.39 is 16.9 Å². The highest BCUT2D eigenvalue weighted by molar-refractivity contribution is 5.78. The Hall–Kier alpha value is -2.12. The van der Waals surface area contributed by atoms with Crippen LogP contribution < -0.4 is 10.0 Å². The van der Waals surface area contributed by atoms with Gasteiger partial charge < -0.3 is 24.9 Å². The summed E-state index contributed by atoms with van der Waals surface area (Å²) in [6.45, 7) is 0.457. The van der Waals surface area contributed by atoms with E-state index in [-0.39, 0.29) is 11.6 Å². The first-order valence-electron chi connectivity index (χ1n) is 5.15. The number of aryl methyl sites for hydroxylation is 1. The molecular formula is C9H11N4O4-. The van der Waals surface area contributed by atoms with Gasteiger partial charge in [0.15, 0.2) is 0 Å². The summed E-state index contributed by atoms with van der Waals surface area (Å²) in [6, 6.07) is -0.816. The van der Waals surface area contributed by atoms with Gasteiger partial charge in [-0.05, 0) is 22.7 Å². The van der Waals surface area contributed by atoms with Gasteiger partial charge >= 0.3 is 5.82 Å². The van der Waals surface area contributed by atoms with Crippen LogP contribution in [0.2, 0.25) is 0 Å². The van der Waals surface area contributed by atoms with E-state index >= 15 is 0 Å². The average Bonchev–Trinajstić information content (AvgIpc) is 2.82. The minimum atomic E-state index is -1.21. The van der Waals surface area contributed by atoms with Crippen molar-refractivity contribution in [3.8, 4) is 0 Å². The molecule has 1 aliphatic rings. The van der Waals surface area contributed by atoms with Gasteiger partial charge in [0.25, 0.3) is 0 Å². The van der Waals surface area contributed by atoms with Crippen molar-refractivity contribution in [2.24, 2.45) is 7.05 Å². The van der Waals surface area contributed by atoms with Crippen molar-refractivity contribution in [1.82, 2.24) is 9.55 Å². The molecule has 0 bridgehead atoms. The molecule has 0 saturated carbocycles. The molecule has 1 aromatic rings. The molecule has 0 amide bonds. The van der Waals surface area contributed by atoms with Gasteiger partial charge in [-0.2, -0.15) is 0 Å². The standard InChI is InChI=1S/C9H12N4O4/c1-11-5-10-7(13(16)17)8(11)12-4-2-3-6(12)9(14)15/h5-6H,2-4H2,1H3,(H,14,15)/p-1/t6-/m0/s1. The van der Waals surface area contributed by atoms with Gasteiger partial charge in [-0.3, -0.25) is 4.57 Å². The van der Waals surface area contributed by atoms with Crippen molar-refractivity contribution < 1.29 is 14.8 Å². The fourth-order valence-electron chi connectivity index (χ4n) is 2.14. The molecule has 0 spiro atoms. The third-order valence-electron chi connectivity index (χ3n) is 2.86. The lowest BCUT2D eigenvalue weighted by Crippen LogP contribution is -2.45. The number of carbonyl (C=O) groups is 1. The van der Waals surface area contributed by atoms with Gasteiger partial charge in [-0.1, -0.05) is 0 Å². The Labute approximate surface area is 96.6 Å². The number of imidazole rings is 1. The van der Waals surface area contributed by atoms with E-state index in [4.69, 9.17) is 0 Å². The van der Waals surface area contributed by atoms with Gasteiger partial charge in [-0.15, -0.1) is 0 Å². The second kappa shape index (κ2) is 4.04. The molecule has 0 radical (unpaired) electrons. The Morgan fingerprint density at radius 3 is 2.94 bits per heavy atom. The number of hydrogen-bond acceptors (Lipinski definition) is 6. The zero-order valence-corrected chi connectivity index (χ0v) is 9.20. The monoisotopic (exact) mass is 239 g/mol. The number of carbonyl (C=O) groups excluding carboxylic acids is 1. The first-order chi connectivity index (χ1) is 8.02. The molecule has 92 valence electrons. The second-order valence-electron chi connectivity index (χ2n) is 3.93. The van der Waals surface area contributed by atoms with Crippen LogP contribution in [0.15, 0.2) is 6.33 Å². The molecule has 0 aromatic carbocycles. The molecule has 8 nitrogen and oxygen atoms in total. The lowest BCUT2D eigenvalue weighted by atomic mass is 10.2. The molecule has 0 aliphatic carbocycles. The van der Waals surface area contributed by atoms with Gasteiger partial charge in [0, 0.05) is 13.6 Å². The fourth-order valence-corrected chi connectivity index (χ4v) is 2.14. The zero-order valence-electron chi connectivity index (χ0n) is 9.20. The molecule has 2 rings (SSSR count). The van der Waals surface area contributed by atoms with Crippen LogP contribution >= 0.6 is 0 Å². The summed E-state index contributed by atoms with van der Waals surface area (Å²) >= 11 is 0. The number of nitrogens with zero attached hydrogens (tertiary/aromatic N) is 4. The predicted molar refractivity (Wildman–Crippen MR) is 55.2 cm³/mol. The van der Waals surface area contributed by atoms with E-state index in [9.17, 15) is 20.0 Å². The van der Waals surface area contributed by atoms with Crippen LogP contribution in [-0.4, -0.2) is 33.0 Å². The van der Waals surface area contributed by atoms with E-state index in [0.717, 1.165) is 0 Å². The molecular weight excluding hydrogens is 228 g/mol. The first kappa shape index (κ1) is 11.4. The number of aromatic nitrogens is 2. The Morgan fingerprint density at radius 1 is 1.65 bits per heavy atom. The zero-order chi connectivity index (χ0) is 12.6. The lowest BCUT2D eigenvalue weighted by Gasteiger charge is -2.26. The van der Waals surface area contributed by atoms with Crippen molar-refractivity contribution in [3.63, 3.8) is 0 Å². The minimum Gasteiger partial charge on any atom is -0.548 e. The SMILES string of the molecule is Cn1cnc([N+](=O)[O-])c1N1CCC[C@H]1C(=O)[O-]. The van der Waals surface area contributed by atoms with Crippen LogP contribution in [-0.2, 0) is 11.8 Å². The Morgan fingerprint density at radius 2 is 2.35 bits per heavy atom.